The first-order valence-corrected chi connectivity index (χ1v) is 8.17. The number of carbonyl (C=O) groups is 1. The van der Waals surface area contributed by atoms with E-state index in [0.717, 1.165) is 5.56 Å². The van der Waals surface area contributed by atoms with Crippen LogP contribution in [0.3, 0.4) is 0 Å². The van der Waals surface area contributed by atoms with E-state index in [-0.39, 0.29) is 43.1 Å². The molecule has 1 heterocycles. The number of carbonyl (C=O) groups excluding carboxylic acids is 1. The number of hydrogen-bond donors (Lipinski definition) is 2. The third-order valence-electron chi connectivity index (χ3n) is 3.58. The number of anilines is 1. The van der Waals surface area contributed by atoms with Crippen LogP contribution < -0.4 is 5.73 Å². The molecule has 1 aromatic carbocycles. The molecule has 0 aliphatic rings. The molecular weight excluding hydrogens is 323 g/mol. The predicted octanol–water partition coefficient (Wildman–Crippen LogP) is 2.03. The molecule has 2 aromatic rings. The molecule has 0 aliphatic heterocycles. The van der Waals surface area contributed by atoms with Gasteiger partial charge in [-0.1, -0.05) is 26.0 Å². The van der Waals surface area contributed by atoms with Crippen LogP contribution in [-0.4, -0.2) is 39.0 Å². The number of nitrogens with two attached hydrogens (primary N) is 1. The Labute approximate surface area is 146 Å². The van der Waals surface area contributed by atoms with Gasteiger partial charge in [-0.25, -0.2) is 14.4 Å². The van der Waals surface area contributed by atoms with Gasteiger partial charge in [0, 0.05) is 18.8 Å². The van der Waals surface area contributed by atoms with Crippen LogP contribution in [0.15, 0.2) is 30.3 Å². The minimum atomic E-state index is -0.350. The summed E-state index contributed by atoms with van der Waals surface area (Å²) >= 11 is 0. The first-order chi connectivity index (χ1) is 11.9. The van der Waals surface area contributed by atoms with Crippen LogP contribution in [0.5, 0.6) is 0 Å². The van der Waals surface area contributed by atoms with E-state index in [1.807, 2.05) is 13.8 Å². The maximum atomic E-state index is 13.0. The molecule has 0 aliphatic carbocycles. The van der Waals surface area contributed by atoms with E-state index < -0.39 is 0 Å². The highest BCUT2D eigenvalue weighted by Crippen LogP contribution is 2.13. The van der Waals surface area contributed by atoms with E-state index in [1.165, 1.54) is 17.0 Å². The molecular formula is C18H23FN4O2. The summed E-state index contributed by atoms with van der Waals surface area (Å²) < 4.78 is 13.0. The number of nitrogen functional groups attached to an aromatic ring is 1. The zero-order valence-corrected chi connectivity index (χ0v) is 14.4. The highest BCUT2D eigenvalue weighted by molar-refractivity contribution is 5.92. The number of aromatic nitrogens is 2. The topological polar surface area (TPSA) is 92.3 Å². The zero-order valence-electron chi connectivity index (χ0n) is 14.4. The Balaban J connectivity index is 2.24. The highest BCUT2D eigenvalue weighted by atomic mass is 19.1. The second-order valence-corrected chi connectivity index (χ2v) is 6.28. The number of rotatable bonds is 7. The lowest BCUT2D eigenvalue weighted by atomic mass is 10.1. The number of benzene rings is 1. The summed E-state index contributed by atoms with van der Waals surface area (Å²) in [6.45, 7) is 4.29. The molecule has 6 nitrogen and oxygen atoms in total. The van der Waals surface area contributed by atoms with Crippen molar-refractivity contribution in [2.75, 3.05) is 18.9 Å². The van der Waals surface area contributed by atoms with Gasteiger partial charge in [-0.2, -0.15) is 0 Å². The molecule has 3 N–H and O–H groups in total. The molecule has 0 saturated heterocycles. The van der Waals surface area contributed by atoms with Crippen LogP contribution >= 0.6 is 0 Å². The molecule has 2 rings (SSSR count). The molecule has 134 valence electrons. The predicted molar refractivity (Wildman–Crippen MR) is 93.2 cm³/mol. The summed E-state index contributed by atoms with van der Waals surface area (Å²) in [6.07, 6.45) is 0.685. The minimum absolute atomic E-state index is 0.0484. The van der Waals surface area contributed by atoms with Crippen LogP contribution in [0, 0.1) is 11.7 Å². The molecule has 1 amide bonds. The number of hydrogen-bond acceptors (Lipinski definition) is 5. The van der Waals surface area contributed by atoms with Gasteiger partial charge in [0.05, 0.1) is 6.61 Å². The fourth-order valence-electron chi connectivity index (χ4n) is 2.50. The summed E-state index contributed by atoms with van der Waals surface area (Å²) in [6, 6.07) is 7.51. The Morgan fingerprint density at radius 3 is 2.56 bits per heavy atom. The number of nitrogens with zero attached hydrogens (tertiary/aromatic N) is 3. The fourth-order valence-corrected chi connectivity index (χ4v) is 2.50. The van der Waals surface area contributed by atoms with E-state index in [2.05, 4.69) is 9.97 Å². The number of aliphatic hydroxyl groups is 1. The van der Waals surface area contributed by atoms with Gasteiger partial charge in [0.2, 0.25) is 5.95 Å². The maximum Gasteiger partial charge on any atom is 0.273 e. The smallest absolute Gasteiger partial charge is 0.273 e. The Kier molecular flexibility index (Phi) is 6.41. The quantitative estimate of drug-likeness (QED) is 0.800. The van der Waals surface area contributed by atoms with Crippen molar-refractivity contribution >= 4 is 11.9 Å². The van der Waals surface area contributed by atoms with Gasteiger partial charge in [0.1, 0.15) is 11.5 Å². The van der Waals surface area contributed by atoms with E-state index in [1.54, 1.807) is 18.2 Å². The zero-order chi connectivity index (χ0) is 18.4. The third kappa shape index (κ3) is 5.49. The van der Waals surface area contributed by atoms with Crippen LogP contribution in [0.4, 0.5) is 10.3 Å². The summed E-state index contributed by atoms with van der Waals surface area (Å²) in [7, 11) is 0. The molecule has 0 fully saturated rings. The lowest BCUT2D eigenvalue weighted by Gasteiger charge is -2.22. The van der Waals surface area contributed by atoms with Crippen LogP contribution in [0.1, 0.15) is 35.6 Å². The van der Waals surface area contributed by atoms with E-state index >= 15 is 0 Å². The van der Waals surface area contributed by atoms with E-state index in [0.29, 0.717) is 18.0 Å². The van der Waals surface area contributed by atoms with Gasteiger partial charge in [0.25, 0.3) is 5.91 Å². The maximum absolute atomic E-state index is 13.0. The third-order valence-corrected chi connectivity index (χ3v) is 3.58. The first-order valence-electron chi connectivity index (χ1n) is 8.17. The first kappa shape index (κ1) is 18.8. The number of halogens is 1. The summed E-state index contributed by atoms with van der Waals surface area (Å²) in [5, 5.41) is 9.27. The second kappa shape index (κ2) is 8.53. The van der Waals surface area contributed by atoms with Gasteiger partial charge in [-0.15, -0.1) is 0 Å². The van der Waals surface area contributed by atoms with Crippen molar-refractivity contribution in [2.24, 2.45) is 5.92 Å². The van der Waals surface area contributed by atoms with Crippen molar-refractivity contribution in [2.45, 2.75) is 26.8 Å². The van der Waals surface area contributed by atoms with E-state index in [9.17, 15) is 14.3 Å². The van der Waals surface area contributed by atoms with Crippen molar-refractivity contribution in [1.82, 2.24) is 14.9 Å². The number of aliphatic hydroxyl groups excluding tert-OH is 1. The van der Waals surface area contributed by atoms with Crippen molar-refractivity contribution in [3.05, 3.63) is 53.1 Å². The Hall–Kier alpha value is -2.54. The molecule has 0 unspecified atom stereocenters. The SMILES string of the molecule is CC(C)Cc1cc(C(=O)N(CCO)Cc2ccc(F)cc2)nc(N)n1. The molecule has 7 heteroatoms. The van der Waals surface area contributed by atoms with Gasteiger partial charge in [-0.3, -0.25) is 4.79 Å². The lowest BCUT2D eigenvalue weighted by molar-refractivity contribution is 0.0701. The summed E-state index contributed by atoms with van der Waals surface area (Å²) in [5.41, 5.74) is 7.39. The van der Waals surface area contributed by atoms with Crippen LogP contribution in [0.25, 0.3) is 0 Å². The molecule has 0 bridgehead atoms. The normalized spacial score (nSPS) is 10.9. The Morgan fingerprint density at radius 2 is 1.96 bits per heavy atom. The molecule has 1 aromatic heterocycles. The summed E-state index contributed by atoms with van der Waals surface area (Å²) in [4.78, 5) is 22.4. The van der Waals surface area contributed by atoms with Crippen molar-refractivity contribution in [1.29, 1.82) is 0 Å². The lowest BCUT2D eigenvalue weighted by Crippen LogP contribution is -2.34. The van der Waals surface area contributed by atoms with Gasteiger partial charge >= 0.3 is 0 Å². The van der Waals surface area contributed by atoms with Gasteiger partial charge in [-0.05, 0) is 36.1 Å². The molecule has 25 heavy (non-hydrogen) atoms. The van der Waals surface area contributed by atoms with E-state index in [4.69, 9.17) is 5.73 Å². The monoisotopic (exact) mass is 346 g/mol. The second-order valence-electron chi connectivity index (χ2n) is 6.28. The Morgan fingerprint density at radius 1 is 1.28 bits per heavy atom. The minimum Gasteiger partial charge on any atom is -0.395 e. The van der Waals surface area contributed by atoms with Crippen molar-refractivity contribution in [3.63, 3.8) is 0 Å². The largest absolute Gasteiger partial charge is 0.395 e. The Bertz CT molecular complexity index is 720. The summed E-state index contributed by atoms with van der Waals surface area (Å²) in [5.74, 6) is -0.277. The van der Waals surface area contributed by atoms with Gasteiger partial charge < -0.3 is 15.7 Å². The standard InChI is InChI=1S/C18H23FN4O2/c1-12(2)9-15-10-16(22-18(20)21-15)17(25)23(7-8-24)11-13-3-5-14(19)6-4-13/h3-6,10,12,24H,7-9,11H2,1-2H3,(H2,20,21,22). The fraction of sp³-hybridized carbons (Fsp3) is 0.389. The molecule has 0 saturated carbocycles. The average Bonchev–Trinajstić information content (AvgIpc) is 2.54. The van der Waals surface area contributed by atoms with Crippen LogP contribution in [-0.2, 0) is 13.0 Å². The molecule has 0 radical (unpaired) electrons. The van der Waals surface area contributed by atoms with Crippen molar-refractivity contribution < 1.29 is 14.3 Å². The van der Waals surface area contributed by atoms with Crippen molar-refractivity contribution in [3.8, 4) is 0 Å². The number of amides is 1. The van der Waals surface area contributed by atoms with Crippen LogP contribution in [0.2, 0.25) is 0 Å². The molecule has 0 atom stereocenters. The highest BCUT2D eigenvalue weighted by Gasteiger charge is 2.19. The molecule has 0 spiro atoms. The average molecular weight is 346 g/mol. The van der Waals surface area contributed by atoms with Gasteiger partial charge in [0.15, 0.2) is 0 Å².